The van der Waals surface area contributed by atoms with Gasteiger partial charge in [-0.15, -0.1) is 0 Å². The number of hydrogen-bond donors (Lipinski definition) is 1. The van der Waals surface area contributed by atoms with Crippen LogP contribution >= 0.6 is 12.2 Å². The highest BCUT2D eigenvalue weighted by Gasteiger charge is 2.31. The monoisotopic (exact) mass is 328 g/mol. The van der Waals surface area contributed by atoms with Crippen LogP contribution in [0, 0.1) is 11.6 Å². The molecule has 3 rings (SSSR count). The SMILES string of the molecule is Cc1cc([C@H]2CCCN2C(=O)OCc2ccccc2)c[nH]c1=S. The Morgan fingerprint density at radius 3 is 2.91 bits per heavy atom. The number of amides is 1. The topological polar surface area (TPSA) is 45.3 Å². The fraction of sp³-hybridized carbons (Fsp3) is 0.333. The van der Waals surface area contributed by atoms with Crippen molar-refractivity contribution in [2.24, 2.45) is 0 Å². The van der Waals surface area contributed by atoms with Crippen molar-refractivity contribution in [3.8, 4) is 0 Å². The van der Waals surface area contributed by atoms with E-state index < -0.39 is 0 Å². The maximum atomic E-state index is 12.4. The van der Waals surface area contributed by atoms with Crippen molar-refractivity contribution >= 4 is 18.3 Å². The first-order valence-electron chi connectivity index (χ1n) is 7.81. The van der Waals surface area contributed by atoms with Crippen LogP contribution in [0.15, 0.2) is 42.6 Å². The van der Waals surface area contributed by atoms with E-state index in [1.807, 2.05) is 48.4 Å². The zero-order chi connectivity index (χ0) is 16.2. The van der Waals surface area contributed by atoms with Crippen molar-refractivity contribution in [2.75, 3.05) is 6.54 Å². The Balaban J connectivity index is 1.69. The van der Waals surface area contributed by atoms with Crippen LogP contribution < -0.4 is 0 Å². The van der Waals surface area contributed by atoms with Crippen molar-refractivity contribution in [2.45, 2.75) is 32.4 Å². The number of nitrogens with one attached hydrogen (secondary N) is 1. The summed E-state index contributed by atoms with van der Waals surface area (Å²) in [7, 11) is 0. The maximum absolute atomic E-state index is 12.4. The summed E-state index contributed by atoms with van der Waals surface area (Å²) in [5, 5.41) is 0. The number of aromatic amines is 1. The first kappa shape index (κ1) is 15.7. The third kappa shape index (κ3) is 3.62. The van der Waals surface area contributed by atoms with E-state index in [1.165, 1.54) is 0 Å². The number of rotatable bonds is 3. The molecule has 1 aliphatic heterocycles. The fourth-order valence-corrected chi connectivity index (χ4v) is 3.06. The molecule has 2 heterocycles. The molecule has 1 atom stereocenters. The summed E-state index contributed by atoms with van der Waals surface area (Å²) in [6, 6.07) is 11.9. The van der Waals surface area contributed by atoms with Crippen molar-refractivity contribution < 1.29 is 9.53 Å². The number of benzene rings is 1. The maximum Gasteiger partial charge on any atom is 0.410 e. The molecule has 0 unspecified atom stereocenters. The molecule has 23 heavy (non-hydrogen) atoms. The molecule has 1 saturated heterocycles. The molecule has 0 radical (unpaired) electrons. The van der Waals surface area contributed by atoms with E-state index in [0.29, 0.717) is 6.61 Å². The van der Waals surface area contributed by atoms with Gasteiger partial charge in [0.2, 0.25) is 0 Å². The van der Waals surface area contributed by atoms with Crippen molar-refractivity contribution in [3.63, 3.8) is 0 Å². The zero-order valence-electron chi connectivity index (χ0n) is 13.1. The second-order valence-electron chi connectivity index (χ2n) is 5.84. The van der Waals surface area contributed by atoms with E-state index in [9.17, 15) is 4.79 Å². The first-order chi connectivity index (χ1) is 11.1. The average molecular weight is 328 g/mol. The highest BCUT2D eigenvalue weighted by atomic mass is 32.1. The second-order valence-corrected chi connectivity index (χ2v) is 6.24. The lowest BCUT2D eigenvalue weighted by Crippen LogP contribution is -2.31. The van der Waals surface area contributed by atoms with E-state index in [0.717, 1.165) is 40.7 Å². The fourth-order valence-electron chi connectivity index (χ4n) is 2.95. The standard InChI is InChI=1S/C18H20N2O2S/c1-13-10-15(11-19-17(13)23)16-8-5-9-20(16)18(21)22-12-14-6-3-2-4-7-14/h2-4,6-7,10-11,16H,5,8-9,12H2,1H3,(H,19,23)/t16-/m1/s1. The predicted molar refractivity (Wildman–Crippen MR) is 91.7 cm³/mol. The Morgan fingerprint density at radius 1 is 1.39 bits per heavy atom. The molecular formula is C18H20N2O2S. The lowest BCUT2D eigenvalue weighted by molar-refractivity contribution is 0.0920. The molecule has 1 aromatic carbocycles. The summed E-state index contributed by atoms with van der Waals surface area (Å²) in [6.45, 7) is 3.02. The summed E-state index contributed by atoms with van der Waals surface area (Å²) >= 11 is 5.20. The largest absolute Gasteiger partial charge is 0.445 e. The molecule has 1 amide bonds. The molecule has 4 nitrogen and oxygen atoms in total. The molecular weight excluding hydrogens is 308 g/mol. The molecule has 120 valence electrons. The first-order valence-corrected chi connectivity index (χ1v) is 8.22. The Hall–Kier alpha value is -2.14. The number of carbonyl (C=O) groups is 1. The third-order valence-electron chi connectivity index (χ3n) is 4.19. The predicted octanol–water partition coefficient (Wildman–Crippen LogP) is 4.53. The van der Waals surface area contributed by atoms with E-state index in [-0.39, 0.29) is 12.1 Å². The lowest BCUT2D eigenvalue weighted by atomic mass is 10.1. The van der Waals surface area contributed by atoms with Crippen LogP contribution in [-0.2, 0) is 11.3 Å². The lowest BCUT2D eigenvalue weighted by Gasteiger charge is -2.24. The van der Waals surface area contributed by atoms with Gasteiger partial charge in [-0.05, 0) is 42.5 Å². The number of likely N-dealkylation sites (tertiary alicyclic amines) is 1. The van der Waals surface area contributed by atoms with E-state index in [4.69, 9.17) is 17.0 Å². The van der Waals surface area contributed by atoms with Gasteiger partial charge in [0.1, 0.15) is 11.2 Å². The van der Waals surface area contributed by atoms with E-state index in [1.54, 1.807) is 0 Å². The number of ether oxygens (including phenoxy) is 1. The van der Waals surface area contributed by atoms with Gasteiger partial charge in [0.05, 0.1) is 6.04 Å². The van der Waals surface area contributed by atoms with Gasteiger partial charge in [-0.2, -0.15) is 0 Å². The van der Waals surface area contributed by atoms with Crippen LogP contribution in [0.1, 0.15) is 35.6 Å². The smallest absolute Gasteiger partial charge is 0.410 e. The van der Waals surface area contributed by atoms with Gasteiger partial charge < -0.3 is 14.6 Å². The molecule has 0 bridgehead atoms. The molecule has 1 aromatic heterocycles. The van der Waals surface area contributed by atoms with Gasteiger partial charge in [0.15, 0.2) is 0 Å². The summed E-state index contributed by atoms with van der Waals surface area (Å²) < 4.78 is 6.21. The molecule has 1 fully saturated rings. The Kier molecular flexibility index (Phi) is 4.76. The van der Waals surface area contributed by atoms with Crippen LogP contribution in [0.3, 0.4) is 0 Å². The number of aromatic nitrogens is 1. The zero-order valence-corrected chi connectivity index (χ0v) is 13.9. The Bertz CT molecular complexity index is 742. The molecule has 0 spiro atoms. The highest BCUT2D eigenvalue weighted by molar-refractivity contribution is 7.71. The van der Waals surface area contributed by atoms with Gasteiger partial charge >= 0.3 is 6.09 Å². The van der Waals surface area contributed by atoms with Gasteiger partial charge in [0, 0.05) is 12.7 Å². The molecule has 5 heteroatoms. The molecule has 1 N–H and O–H groups in total. The normalized spacial score (nSPS) is 17.3. The summed E-state index contributed by atoms with van der Waals surface area (Å²) in [5.41, 5.74) is 3.11. The third-order valence-corrected chi connectivity index (χ3v) is 4.63. The highest BCUT2D eigenvalue weighted by Crippen LogP contribution is 2.32. The second kappa shape index (κ2) is 6.96. The van der Waals surface area contributed by atoms with E-state index >= 15 is 0 Å². The van der Waals surface area contributed by atoms with Crippen LogP contribution in [0.4, 0.5) is 4.79 Å². The van der Waals surface area contributed by atoms with Crippen molar-refractivity contribution in [3.05, 3.63) is 63.9 Å². The van der Waals surface area contributed by atoms with Crippen LogP contribution in [0.2, 0.25) is 0 Å². The van der Waals surface area contributed by atoms with Gasteiger partial charge in [-0.3, -0.25) is 0 Å². The number of aryl methyl sites for hydroxylation is 1. The van der Waals surface area contributed by atoms with Gasteiger partial charge in [-0.1, -0.05) is 42.5 Å². The van der Waals surface area contributed by atoms with Gasteiger partial charge in [-0.25, -0.2) is 4.79 Å². The Morgan fingerprint density at radius 2 is 2.17 bits per heavy atom. The number of H-pyrrole nitrogens is 1. The van der Waals surface area contributed by atoms with Gasteiger partial charge in [0.25, 0.3) is 0 Å². The van der Waals surface area contributed by atoms with Crippen molar-refractivity contribution in [1.29, 1.82) is 0 Å². The number of nitrogens with zero attached hydrogens (tertiary/aromatic N) is 1. The van der Waals surface area contributed by atoms with E-state index in [2.05, 4.69) is 11.1 Å². The minimum Gasteiger partial charge on any atom is -0.445 e. The van der Waals surface area contributed by atoms with Crippen LogP contribution in [-0.4, -0.2) is 22.5 Å². The number of carbonyl (C=O) groups excluding carboxylic acids is 1. The summed E-state index contributed by atoms with van der Waals surface area (Å²) in [6.07, 6.45) is 3.59. The van der Waals surface area contributed by atoms with Crippen LogP contribution in [0.5, 0.6) is 0 Å². The minimum atomic E-state index is -0.253. The quantitative estimate of drug-likeness (QED) is 0.842. The molecule has 0 aliphatic carbocycles. The Labute approximate surface area is 141 Å². The molecule has 0 saturated carbocycles. The number of hydrogen-bond acceptors (Lipinski definition) is 3. The minimum absolute atomic E-state index is 0.0591. The number of pyridine rings is 1. The summed E-state index contributed by atoms with van der Waals surface area (Å²) in [4.78, 5) is 17.3. The summed E-state index contributed by atoms with van der Waals surface area (Å²) in [5.74, 6) is 0. The van der Waals surface area contributed by atoms with Crippen molar-refractivity contribution in [1.82, 2.24) is 9.88 Å². The molecule has 1 aliphatic rings. The molecule has 2 aromatic rings. The average Bonchev–Trinajstić information content (AvgIpc) is 3.06. The van der Waals surface area contributed by atoms with Crippen LogP contribution in [0.25, 0.3) is 0 Å².